The quantitative estimate of drug-likeness (QED) is 0.744. The van der Waals surface area contributed by atoms with Crippen LogP contribution in [0.3, 0.4) is 0 Å². The summed E-state index contributed by atoms with van der Waals surface area (Å²) >= 11 is 0. The first-order chi connectivity index (χ1) is 12.6. The van der Waals surface area contributed by atoms with Crippen LogP contribution in [0.2, 0.25) is 0 Å². The standard InChI is InChI=1S/C21H20F2N2O/c22-17-5-6-19-16(11-17)12-20(24-19)14-7-9-25(10-8-14)21(26)13-15-3-1-2-4-18(15)23/h1-6,11-12,14,24H,7-10,13H2. The molecule has 2 heterocycles. The van der Waals surface area contributed by atoms with Gasteiger partial charge in [0.1, 0.15) is 11.6 Å². The van der Waals surface area contributed by atoms with E-state index < -0.39 is 0 Å². The molecule has 3 aromatic rings. The van der Waals surface area contributed by atoms with E-state index in [4.69, 9.17) is 0 Å². The van der Waals surface area contributed by atoms with Crippen LogP contribution >= 0.6 is 0 Å². The van der Waals surface area contributed by atoms with Gasteiger partial charge >= 0.3 is 0 Å². The zero-order chi connectivity index (χ0) is 18.1. The minimum absolute atomic E-state index is 0.0349. The molecule has 1 N–H and O–H groups in total. The van der Waals surface area contributed by atoms with E-state index in [9.17, 15) is 13.6 Å². The van der Waals surface area contributed by atoms with Crippen molar-refractivity contribution in [3.63, 3.8) is 0 Å². The van der Waals surface area contributed by atoms with E-state index in [0.29, 0.717) is 24.6 Å². The minimum Gasteiger partial charge on any atom is -0.358 e. The lowest BCUT2D eigenvalue weighted by Crippen LogP contribution is -2.39. The maximum atomic E-state index is 13.7. The number of nitrogens with one attached hydrogen (secondary N) is 1. The number of amides is 1. The second-order valence-electron chi connectivity index (χ2n) is 6.88. The Bertz CT molecular complexity index is 942. The molecule has 0 atom stereocenters. The third kappa shape index (κ3) is 3.34. The third-order valence-corrected chi connectivity index (χ3v) is 5.19. The average molecular weight is 354 g/mol. The SMILES string of the molecule is O=C(Cc1ccccc1F)N1CCC(c2cc3cc(F)ccc3[nH]2)CC1. The lowest BCUT2D eigenvalue weighted by Gasteiger charge is -2.31. The van der Waals surface area contributed by atoms with Gasteiger partial charge in [-0.1, -0.05) is 18.2 Å². The molecule has 1 aliphatic rings. The van der Waals surface area contributed by atoms with Crippen LogP contribution in [-0.2, 0) is 11.2 Å². The molecular formula is C21H20F2N2O. The van der Waals surface area contributed by atoms with Gasteiger partial charge in [0, 0.05) is 35.6 Å². The predicted octanol–water partition coefficient (Wildman–Crippen LogP) is 4.39. The number of nitrogens with zero attached hydrogens (tertiary/aromatic N) is 1. The molecule has 1 aromatic heterocycles. The van der Waals surface area contributed by atoms with E-state index in [1.807, 2.05) is 11.0 Å². The maximum absolute atomic E-state index is 13.7. The summed E-state index contributed by atoms with van der Waals surface area (Å²) in [6, 6.07) is 13.1. The van der Waals surface area contributed by atoms with Crippen molar-refractivity contribution < 1.29 is 13.6 Å². The Kier molecular flexibility index (Phi) is 4.45. The maximum Gasteiger partial charge on any atom is 0.227 e. The molecule has 1 fully saturated rings. The second-order valence-corrected chi connectivity index (χ2v) is 6.88. The first-order valence-electron chi connectivity index (χ1n) is 8.89. The van der Waals surface area contributed by atoms with Crippen LogP contribution in [0.1, 0.15) is 30.0 Å². The number of H-pyrrole nitrogens is 1. The van der Waals surface area contributed by atoms with Gasteiger partial charge in [0.25, 0.3) is 0 Å². The summed E-state index contributed by atoms with van der Waals surface area (Å²) < 4.78 is 27.1. The Morgan fingerprint density at radius 1 is 1.08 bits per heavy atom. The molecule has 1 aliphatic heterocycles. The molecule has 0 spiro atoms. The Morgan fingerprint density at radius 2 is 1.85 bits per heavy atom. The Hall–Kier alpha value is -2.69. The van der Waals surface area contributed by atoms with E-state index in [1.165, 1.54) is 18.2 Å². The van der Waals surface area contributed by atoms with Crippen molar-refractivity contribution >= 4 is 16.8 Å². The van der Waals surface area contributed by atoms with Gasteiger partial charge in [-0.15, -0.1) is 0 Å². The minimum atomic E-state index is -0.332. The van der Waals surface area contributed by atoms with Gasteiger partial charge in [0.2, 0.25) is 5.91 Å². The molecule has 5 heteroatoms. The van der Waals surface area contributed by atoms with Crippen molar-refractivity contribution in [3.05, 3.63) is 71.4 Å². The predicted molar refractivity (Wildman–Crippen MR) is 96.9 cm³/mol. The molecule has 1 saturated heterocycles. The summed E-state index contributed by atoms with van der Waals surface area (Å²) in [7, 11) is 0. The summed E-state index contributed by atoms with van der Waals surface area (Å²) in [5.41, 5.74) is 2.46. The van der Waals surface area contributed by atoms with E-state index in [2.05, 4.69) is 4.98 Å². The van der Waals surface area contributed by atoms with Crippen LogP contribution < -0.4 is 0 Å². The monoisotopic (exact) mass is 354 g/mol. The van der Waals surface area contributed by atoms with Crippen LogP contribution in [-0.4, -0.2) is 28.9 Å². The number of fused-ring (bicyclic) bond motifs is 1. The number of carbonyl (C=O) groups excluding carboxylic acids is 1. The van der Waals surface area contributed by atoms with Gasteiger partial charge in [0.05, 0.1) is 6.42 Å². The fourth-order valence-electron chi connectivity index (χ4n) is 3.70. The van der Waals surface area contributed by atoms with Crippen LogP contribution in [0.4, 0.5) is 8.78 Å². The molecule has 1 amide bonds. The Labute approximate surface area is 150 Å². The molecule has 0 aliphatic carbocycles. The van der Waals surface area contributed by atoms with Crippen molar-refractivity contribution in [3.8, 4) is 0 Å². The highest BCUT2D eigenvalue weighted by Gasteiger charge is 2.25. The fraction of sp³-hybridized carbons (Fsp3) is 0.286. The fourth-order valence-corrected chi connectivity index (χ4v) is 3.70. The number of hydrogen-bond donors (Lipinski definition) is 1. The molecule has 0 saturated carbocycles. The number of hydrogen-bond acceptors (Lipinski definition) is 1. The van der Waals surface area contributed by atoms with Crippen molar-refractivity contribution in [2.45, 2.75) is 25.2 Å². The zero-order valence-electron chi connectivity index (χ0n) is 14.3. The summed E-state index contributed by atoms with van der Waals surface area (Å²) in [4.78, 5) is 17.6. The highest BCUT2D eigenvalue weighted by atomic mass is 19.1. The highest BCUT2D eigenvalue weighted by molar-refractivity contribution is 5.81. The number of halogens is 2. The molecule has 0 radical (unpaired) electrons. The van der Waals surface area contributed by atoms with E-state index in [-0.39, 0.29) is 24.0 Å². The van der Waals surface area contributed by atoms with Gasteiger partial charge < -0.3 is 9.88 Å². The molecular weight excluding hydrogens is 334 g/mol. The molecule has 4 rings (SSSR count). The molecule has 2 aromatic carbocycles. The lowest BCUT2D eigenvalue weighted by atomic mass is 9.93. The number of aromatic nitrogens is 1. The van der Waals surface area contributed by atoms with Gasteiger partial charge in [-0.05, 0) is 48.7 Å². The average Bonchev–Trinajstić information content (AvgIpc) is 3.07. The highest BCUT2D eigenvalue weighted by Crippen LogP contribution is 2.30. The lowest BCUT2D eigenvalue weighted by molar-refractivity contribution is -0.131. The molecule has 3 nitrogen and oxygen atoms in total. The van der Waals surface area contributed by atoms with Crippen molar-refractivity contribution in [1.82, 2.24) is 9.88 Å². The number of piperidine rings is 1. The number of carbonyl (C=O) groups is 1. The van der Waals surface area contributed by atoms with Gasteiger partial charge in [0.15, 0.2) is 0 Å². The van der Waals surface area contributed by atoms with Gasteiger partial charge in [-0.3, -0.25) is 4.79 Å². The number of aromatic amines is 1. The van der Waals surface area contributed by atoms with Crippen LogP contribution in [0.15, 0.2) is 48.5 Å². The van der Waals surface area contributed by atoms with Crippen LogP contribution in [0.25, 0.3) is 10.9 Å². The summed E-state index contributed by atoms with van der Waals surface area (Å²) in [5, 5.41) is 0.873. The number of likely N-dealkylation sites (tertiary alicyclic amines) is 1. The van der Waals surface area contributed by atoms with E-state index in [0.717, 1.165) is 29.4 Å². The summed E-state index contributed by atoms with van der Waals surface area (Å²) in [6.45, 7) is 1.31. The van der Waals surface area contributed by atoms with Gasteiger partial charge in [-0.2, -0.15) is 0 Å². The smallest absolute Gasteiger partial charge is 0.227 e. The number of rotatable bonds is 3. The molecule has 0 bridgehead atoms. The third-order valence-electron chi connectivity index (χ3n) is 5.19. The largest absolute Gasteiger partial charge is 0.358 e. The van der Waals surface area contributed by atoms with Gasteiger partial charge in [-0.25, -0.2) is 8.78 Å². The molecule has 134 valence electrons. The summed E-state index contributed by atoms with van der Waals surface area (Å²) in [6.07, 6.45) is 1.79. The van der Waals surface area contributed by atoms with Crippen LogP contribution in [0.5, 0.6) is 0 Å². The van der Waals surface area contributed by atoms with Crippen molar-refractivity contribution in [2.75, 3.05) is 13.1 Å². The van der Waals surface area contributed by atoms with E-state index >= 15 is 0 Å². The molecule has 0 unspecified atom stereocenters. The zero-order valence-corrected chi connectivity index (χ0v) is 14.3. The second kappa shape index (κ2) is 6.90. The van der Waals surface area contributed by atoms with Crippen LogP contribution in [0, 0.1) is 11.6 Å². The first-order valence-corrected chi connectivity index (χ1v) is 8.89. The number of benzene rings is 2. The topological polar surface area (TPSA) is 36.1 Å². The molecule has 26 heavy (non-hydrogen) atoms. The van der Waals surface area contributed by atoms with E-state index in [1.54, 1.807) is 24.3 Å². The Morgan fingerprint density at radius 3 is 2.62 bits per heavy atom. The van der Waals surface area contributed by atoms with Crippen molar-refractivity contribution in [2.24, 2.45) is 0 Å². The summed E-state index contributed by atoms with van der Waals surface area (Å²) in [5.74, 6) is -0.284. The normalized spacial score (nSPS) is 15.5. The Balaban J connectivity index is 1.40. The van der Waals surface area contributed by atoms with Crippen molar-refractivity contribution in [1.29, 1.82) is 0 Å². The first kappa shape index (κ1) is 16.8.